The largest absolute Gasteiger partial charge is 0.494 e. The van der Waals surface area contributed by atoms with E-state index in [-0.39, 0.29) is 11.0 Å². The number of para-hydroxylation sites is 1. The molecule has 0 aliphatic rings. The Kier molecular flexibility index (Phi) is 5.11. The highest BCUT2D eigenvalue weighted by atomic mass is 32.2. The maximum Gasteiger partial charge on any atom is 0.175 e. The summed E-state index contributed by atoms with van der Waals surface area (Å²) in [6, 6.07) is 15.1. The first-order chi connectivity index (χ1) is 11.7. The molecule has 0 unspecified atom stereocenters. The normalized spacial score (nSPS) is 12.1. The van der Waals surface area contributed by atoms with E-state index in [1.165, 1.54) is 11.8 Å². The van der Waals surface area contributed by atoms with Gasteiger partial charge in [0.2, 0.25) is 0 Å². The molecule has 0 fully saturated rings. The molecule has 0 radical (unpaired) electrons. The van der Waals surface area contributed by atoms with Crippen molar-refractivity contribution in [3.05, 3.63) is 60.4 Å². The van der Waals surface area contributed by atoms with Crippen molar-refractivity contribution in [3.63, 3.8) is 0 Å². The van der Waals surface area contributed by atoms with E-state index in [2.05, 4.69) is 9.97 Å². The summed E-state index contributed by atoms with van der Waals surface area (Å²) in [6.07, 6.45) is 1.54. The molecule has 0 bridgehead atoms. The minimum atomic E-state index is -0.235. The van der Waals surface area contributed by atoms with Crippen LogP contribution in [0, 0.1) is 0 Å². The third kappa shape index (κ3) is 3.57. The molecule has 122 valence electrons. The Morgan fingerprint density at radius 2 is 1.88 bits per heavy atom. The summed E-state index contributed by atoms with van der Waals surface area (Å²) in [5.74, 6) is 0.849. The Bertz CT molecular complexity index is 844. The number of nitrogens with zero attached hydrogens (tertiary/aromatic N) is 2. The van der Waals surface area contributed by atoms with Gasteiger partial charge in [0.05, 0.1) is 17.4 Å². The number of rotatable bonds is 6. The fourth-order valence-corrected chi connectivity index (χ4v) is 3.40. The lowest BCUT2D eigenvalue weighted by molar-refractivity contribution is 0.0994. The first-order valence-corrected chi connectivity index (χ1v) is 8.70. The molecule has 0 aliphatic carbocycles. The number of hydrogen-bond donors (Lipinski definition) is 0. The highest BCUT2D eigenvalue weighted by molar-refractivity contribution is 8.00. The Balaban J connectivity index is 1.78. The number of aromatic nitrogens is 2. The molecular weight excluding hydrogens is 320 g/mol. The van der Waals surface area contributed by atoms with Crippen LogP contribution in [0.25, 0.3) is 10.9 Å². The molecule has 2 aromatic carbocycles. The fraction of sp³-hybridized carbons (Fsp3) is 0.211. The summed E-state index contributed by atoms with van der Waals surface area (Å²) in [5.41, 5.74) is 1.56. The zero-order valence-corrected chi connectivity index (χ0v) is 14.4. The van der Waals surface area contributed by atoms with Crippen LogP contribution in [-0.4, -0.2) is 27.6 Å². The van der Waals surface area contributed by atoms with Gasteiger partial charge in [-0.2, -0.15) is 0 Å². The Labute approximate surface area is 145 Å². The molecule has 24 heavy (non-hydrogen) atoms. The van der Waals surface area contributed by atoms with E-state index in [9.17, 15) is 4.79 Å². The van der Waals surface area contributed by atoms with E-state index in [1.807, 2.05) is 62.4 Å². The molecule has 0 aliphatic heterocycles. The van der Waals surface area contributed by atoms with Crippen molar-refractivity contribution in [2.45, 2.75) is 24.1 Å². The zero-order chi connectivity index (χ0) is 16.9. The van der Waals surface area contributed by atoms with Gasteiger partial charge in [0.25, 0.3) is 0 Å². The predicted molar refractivity (Wildman–Crippen MR) is 96.8 cm³/mol. The fourth-order valence-electron chi connectivity index (χ4n) is 2.41. The summed E-state index contributed by atoms with van der Waals surface area (Å²) in [7, 11) is 0. The molecule has 5 heteroatoms. The van der Waals surface area contributed by atoms with Gasteiger partial charge in [-0.3, -0.25) is 4.79 Å². The molecular formula is C19H18N2O2S. The van der Waals surface area contributed by atoms with Crippen molar-refractivity contribution >= 4 is 28.4 Å². The minimum Gasteiger partial charge on any atom is -0.494 e. The molecule has 0 amide bonds. The molecule has 1 atom stereocenters. The minimum absolute atomic E-state index is 0.0748. The standard InChI is InChI=1S/C19H18N2O2S/c1-3-23-15-10-8-14(9-11-15)18(22)13(2)24-19-16-6-4-5-7-17(16)20-12-21-19/h4-13H,3H2,1-2H3/t13-/m1/s1. The van der Waals surface area contributed by atoms with E-state index in [1.54, 1.807) is 6.33 Å². The van der Waals surface area contributed by atoms with E-state index < -0.39 is 0 Å². The SMILES string of the molecule is CCOc1ccc(C(=O)[C@@H](C)Sc2ncnc3ccccc23)cc1. The Morgan fingerprint density at radius 1 is 1.12 bits per heavy atom. The summed E-state index contributed by atoms with van der Waals surface area (Å²) in [4.78, 5) is 21.2. The van der Waals surface area contributed by atoms with Gasteiger partial charge in [-0.15, -0.1) is 0 Å². The number of carbonyl (C=O) groups is 1. The van der Waals surface area contributed by atoms with Crippen molar-refractivity contribution in [3.8, 4) is 5.75 Å². The lowest BCUT2D eigenvalue weighted by Gasteiger charge is -2.11. The maximum absolute atomic E-state index is 12.6. The first kappa shape index (κ1) is 16.5. The van der Waals surface area contributed by atoms with Crippen LogP contribution in [0.1, 0.15) is 24.2 Å². The van der Waals surface area contributed by atoms with Crippen LogP contribution in [0.15, 0.2) is 59.9 Å². The van der Waals surface area contributed by atoms with E-state index in [4.69, 9.17) is 4.74 Å². The summed E-state index contributed by atoms with van der Waals surface area (Å²) in [6.45, 7) is 4.45. The van der Waals surface area contributed by atoms with Crippen molar-refractivity contribution < 1.29 is 9.53 Å². The topological polar surface area (TPSA) is 52.1 Å². The van der Waals surface area contributed by atoms with Crippen LogP contribution in [0.3, 0.4) is 0 Å². The molecule has 3 rings (SSSR count). The summed E-state index contributed by atoms with van der Waals surface area (Å²) in [5, 5.41) is 1.56. The van der Waals surface area contributed by atoms with E-state index in [0.29, 0.717) is 12.2 Å². The van der Waals surface area contributed by atoms with Gasteiger partial charge in [-0.25, -0.2) is 9.97 Å². The molecule has 0 saturated carbocycles. The highest BCUT2D eigenvalue weighted by Crippen LogP contribution is 2.29. The van der Waals surface area contributed by atoms with Gasteiger partial charge >= 0.3 is 0 Å². The maximum atomic E-state index is 12.6. The number of benzene rings is 2. The van der Waals surface area contributed by atoms with Gasteiger partial charge in [0.15, 0.2) is 5.78 Å². The van der Waals surface area contributed by atoms with E-state index in [0.717, 1.165) is 21.7 Å². The van der Waals surface area contributed by atoms with Gasteiger partial charge in [0, 0.05) is 10.9 Å². The van der Waals surface area contributed by atoms with E-state index >= 15 is 0 Å². The predicted octanol–water partition coefficient (Wildman–Crippen LogP) is 4.39. The quantitative estimate of drug-likeness (QED) is 0.379. The Morgan fingerprint density at radius 3 is 2.62 bits per heavy atom. The first-order valence-electron chi connectivity index (χ1n) is 7.82. The highest BCUT2D eigenvalue weighted by Gasteiger charge is 2.18. The molecule has 4 nitrogen and oxygen atoms in total. The third-order valence-electron chi connectivity index (χ3n) is 3.61. The molecule has 0 saturated heterocycles. The van der Waals surface area contributed by atoms with Gasteiger partial charge in [-0.05, 0) is 44.2 Å². The Hall–Kier alpha value is -2.40. The molecule has 0 spiro atoms. The van der Waals surface area contributed by atoms with Crippen LogP contribution >= 0.6 is 11.8 Å². The monoisotopic (exact) mass is 338 g/mol. The number of fused-ring (bicyclic) bond motifs is 1. The number of ether oxygens (including phenoxy) is 1. The van der Waals surface area contributed by atoms with Crippen LogP contribution in [0.2, 0.25) is 0 Å². The molecule has 1 aromatic heterocycles. The number of Topliss-reactive ketones (excluding diaryl/α,β-unsaturated/α-hetero) is 1. The third-order valence-corrected chi connectivity index (χ3v) is 4.73. The van der Waals surface area contributed by atoms with Crippen LogP contribution in [0.4, 0.5) is 0 Å². The van der Waals surface area contributed by atoms with Gasteiger partial charge in [-0.1, -0.05) is 30.0 Å². The van der Waals surface area contributed by atoms with Gasteiger partial charge in [0.1, 0.15) is 17.1 Å². The second-order valence-electron chi connectivity index (χ2n) is 5.28. The lowest BCUT2D eigenvalue weighted by atomic mass is 10.1. The average Bonchev–Trinajstić information content (AvgIpc) is 2.62. The second kappa shape index (κ2) is 7.45. The van der Waals surface area contributed by atoms with Crippen molar-refractivity contribution in [1.82, 2.24) is 9.97 Å². The number of carbonyl (C=O) groups excluding carboxylic acids is 1. The lowest BCUT2D eigenvalue weighted by Crippen LogP contribution is -2.13. The van der Waals surface area contributed by atoms with Crippen molar-refractivity contribution in [2.75, 3.05) is 6.61 Å². The summed E-state index contributed by atoms with van der Waals surface area (Å²) >= 11 is 1.46. The van der Waals surface area contributed by atoms with Crippen LogP contribution < -0.4 is 4.74 Å². The number of thioether (sulfide) groups is 1. The van der Waals surface area contributed by atoms with Crippen LogP contribution in [0.5, 0.6) is 5.75 Å². The van der Waals surface area contributed by atoms with Crippen LogP contribution in [-0.2, 0) is 0 Å². The van der Waals surface area contributed by atoms with Crippen molar-refractivity contribution in [1.29, 1.82) is 0 Å². The smallest absolute Gasteiger partial charge is 0.175 e. The average molecular weight is 338 g/mol. The van der Waals surface area contributed by atoms with Crippen molar-refractivity contribution in [2.24, 2.45) is 0 Å². The molecule has 1 heterocycles. The second-order valence-corrected chi connectivity index (χ2v) is 6.61. The molecule has 0 N–H and O–H groups in total. The summed E-state index contributed by atoms with van der Waals surface area (Å²) < 4.78 is 5.41. The number of hydrogen-bond acceptors (Lipinski definition) is 5. The molecule has 3 aromatic rings. The van der Waals surface area contributed by atoms with Gasteiger partial charge < -0.3 is 4.74 Å². The zero-order valence-electron chi connectivity index (χ0n) is 13.6. The number of ketones is 1.